The van der Waals surface area contributed by atoms with Crippen molar-refractivity contribution in [1.82, 2.24) is 0 Å². The summed E-state index contributed by atoms with van der Waals surface area (Å²) in [6.45, 7) is 4.32. The first-order chi connectivity index (χ1) is 9.09. The number of anilines is 1. The molecule has 0 spiro atoms. The summed E-state index contributed by atoms with van der Waals surface area (Å²) < 4.78 is 14.3. The van der Waals surface area contributed by atoms with Crippen molar-refractivity contribution < 1.29 is 4.21 Å². The van der Waals surface area contributed by atoms with E-state index in [1.54, 1.807) is 4.31 Å². The SMILES string of the molecule is CC(C)c1cccc(N(C)S(=O)c2ccccc2)c1. The summed E-state index contributed by atoms with van der Waals surface area (Å²) in [4.78, 5) is 0.819. The molecule has 2 nitrogen and oxygen atoms in total. The molecule has 0 aromatic heterocycles. The van der Waals surface area contributed by atoms with E-state index in [2.05, 4.69) is 26.0 Å². The third-order valence-corrected chi connectivity index (χ3v) is 4.48. The molecule has 0 aliphatic heterocycles. The highest BCUT2D eigenvalue weighted by Crippen LogP contribution is 2.23. The van der Waals surface area contributed by atoms with Crippen LogP contribution in [0.1, 0.15) is 25.3 Å². The Hall–Kier alpha value is -1.61. The maximum atomic E-state index is 12.5. The van der Waals surface area contributed by atoms with Gasteiger partial charge in [-0.05, 0) is 35.7 Å². The summed E-state index contributed by atoms with van der Waals surface area (Å²) in [7, 11) is 0.696. The molecular weight excluding hydrogens is 254 g/mol. The minimum atomic E-state index is -1.17. The molecule has 1 unspecified atom stereocenters. The van der Waals surface area contributed by atoms with Crippen molar-refractivity contribution in [2.24, 2.45) is 0 Å². The zero-order valence-electron chi connectivity index (χ0n) is 11.5. The zero-order chi connectivity index (χ0) is 13.8. The lowest BCUT2D eigenvalue weighted by Gasteiger charge is -2.19. The molecule has 0 aliphatic rings. The Morgan fingerprint density at radius 1 is 1.00 bits per heavy atom. The predicted octanol–water partition coefficient (Wildman–Crippen LogP) is 3.97. The van der Waals surface area contributed by atoms with Crippen LogP contribution in [0.15, 0.2) is 59.5 Å². The average molecular weight is 273 g/mol. The Kier molecular flexibility index (Phi) is 4.38. The monoisotopic (exact) mass is 273 g/mol. The zero-order valence-corrected chi connectivity index (χ0v) is 12.4. The molecule has 2 aromatic rings. The fraction of sp³-hybridized carbons (Fsp3) is 0.250. The Balaban J connectivity index is 2.27. The molecule has 0 fully saturated rings. The number of benzene rings is 2. The van der Waals surface area contributed by atoms with Gasteiger partial charge in [-0.15, -0.1) is 0 Å². The standard InChI is InChI=1S/C16H19NOS/c1-13(2)14-8-7-9-15(12-14)17(3)19(18)16-10-5-4-6-11-16/h4-13H,1-3H3. The van der Waals surface area contributed by atoms with Gasteiger partial charge in [0.1, 0.15) is 0 Å². The van der Waals surface area contributed by atoms with Gasteiger partial charge in [-0.25, -0.2) is 4.21 Å². The number of hydrogen-bond donors (Lipinski definition) is 0. The quantitative estimate of drug-likeness (QED) is 0.825. The molecule has 2 aromatic carbocycles. The first kappa shape index (κ1) is 13.8. The molecule has 0 saturated carbocycles. The van der Waals surface area contributed by atoms with Crippen molar-refractivity contribution in [3.63, 3.8) is 0 Å². The highest BCUT2D eigenvalue weighted by atomic mass is 32.2. The highest BCUT2D eigenvalue weighted by molar-refractivity contribution is 7.86. The molecule has 0 bridgehead atoms. The Labute approximate surface area is 117 Å². The maximum absolute atomic E-state index is 12.5. The van der Waals surface area contributed by atoms with Crippen molar-refractivity contribution in [1.29, 1.82) is 0 Å². The summed E-state index contributed by atoms with van der Waals surface area (Å²) >= 11 is 0. The van der Waals surface area contributed by atoms with Gasteiger partial charge in [0.25, 0.3) is 0 Å². The van der Waals surface area contributed by atoms with Gasteiger partial charge < -0.3 is 0 Å². The summed E-state index contributed by atoms with van der Waals surface area (Å²) in [6, 6.07) is 17.7. The lowest BCUT2D eigenvalue weighted by atomic mass is 10.0. The number of nitrogens with zero attached hydrogens (tertiary/aromatic N) is 1. The molecular formula is C16H19NOS. The highest BCUT2D eigenvalue weighted by Gasteiger charge is 2.12. The fourth-order valence-electron chi connectivity index (χ4n) is 1.87. The molecule has 0 radical (unpaired) electrons. The summed E-state index contributed by atoms with van der Waals surface area (Å²) in [5.41, 5.74) is 2.24. The van der Waals surface area contributed by atoms with Gasteiger partial charge in [-0.1, -0.05) is 44.2 Å². The van der Waals surface area contributed by atoms with Crippen molar-refractivity contribution in [2.45, 2.75) is 24.7 Å². The van der Waals surface area contributed by atoms with E-state index in [-0.39, 0.29) is 0 Å². The van der Waals surface area contributed by atoms with E-state index in [0.29, 0.717) is 5.92 Å². The molecule has 0 N–H and O–H groups in total. The largest absolute Gasteiger partial charge is 0.291 e. The molecule has 100 valence electrons. The summed E-state index contributed by atoms with van der Waals surface area (Å²) in [5, 5.41) is 0. The van der Waals surface area contributed by atoms with Crippen LogP contribution in [-0.2, 0) is 11.0 Å². The number of rotatable bonds is 4. The maximum Gasteiger partial charge on any atom is 0.152 e. The average Bonchev–Trinajstić information content (AvgIpc) is 2.46. The molecule has 0 heterocycles. The molecule has 0 amide bonds. The predicted molar refractivity (Wildman–Crippen MR) is 81.8 cm³/mol. The van der Waals surface area contributed by atoms with Crippen LogP contribution >= 0.6 is 0 Å². The van der Waals surface area contributed by atoms with Crippen LogP contribution < -0.4 is 4.31 Å². The van der Waals surface area contributed by atoms with E-state index >= 15 is 0 Å². The van der Waals surface area contributed by atoms with Crippen LogP contribution in [0.25, 0.3) is 0 Å². The molecule has 2 rings (SSSR count). The first-order valence-electron chi connectivity index (χ1n) is 6.40. The first-order valence-corrected chi connectivity index (χ1v) is 7.51. The van der Waals surface area contributed by atoms with Gasteiger partial charge in [0.2, 0.25) is 0 Å². The third kappa shape index (κ3) is 3.24. The van der Waals surface area contributed by atoms with Crippen molar-refractivity contribution in [3.8, 4) is 0 Å². The number of hydrogen-bond acceptors (Lipinski definition) is 1. The lowest BCUT2D eigenvalue weighted by Crippen LogP contribution is -2.20. The van der Waals surface area contributed by atoms with Gasteiger partial charge >= 0.3 is 0 Å². The second kappa shape index (κ2) is 6.02. The van der Waals surface area contributed by atoms with E-state index in [0.717, 1.165) is 10.6 Å². The van der Waals surface area contributed by atoms with Crippen molar-refractivity contribution >= 4 is 16.7 Å². The van der Waals surface area contributed by atoms with E-state index in [1.807, 2.05) is 49.5 Å². The van der Waals surface area contributed by atoms with Gasteiger partial charge in [0.05, 0.1) is 4.90 Å². The van der Waals surface area contributed by atoms with Crippen LogP contribution in [0.5, 0.6) is 0 Å². The van der Waals surface area contributed by atoms with Crippen LogP contribution in [-0.4, -0.2) is 11.3 Å². The van der Waals surface area contributed by atoms with E-state index in [1.165, 1.54) is 5.56 Å². The summed E-state index contributed by atoms with van der Waals surface area (Å²) in [5.74, 6) is 0.471. The second-order valence-electron chi connectivity index (χ2n) is 4.81. The minimum absolute atomic E-state index is 0.471. The molecule has 1 atom stereocenters. The molecule has 0 aliphatic carbocycles. The van der Waals surface area contributed by atoms with Crippen LogP contribution in [0.3, 0.4) is 0 Å². The van der Waals surface area contributed by atoms with Gasteiger partial charge in [0, 0.05) is 12.7 Å². The smallest absolute Gasteiger partial charge is 0.152 e. The lowest BCUT2D eigenvalue weighted by molar-refractivity contribution is 0.682. The fourth-order valence-corrected chi connectivity index (χ4v) is 2.88. The van der Waals surface area contributed by atoms with E-state index in [9.17, 15) is 4.21 Å². The normalized spacial score (nSPS) is 12.4. The van der Waals surface area contributed by atoms with Crippen LogP contribution in [0.2, 0.25) is 0 Å². The van der Waals surface area contributed by atoms with E-state index in [4.69, 9.17) is 0 Å². The Morgan fingerprint density at radius 2 is 1.68 bits per heavy atom. The van der Waals surface area contributed by atoms with Crippen LogP contribution in [0, 0.1) is 0 Å². The topological polar surface area (TPSA) is 20.3 Å². The van der Waals surface area contributed by atoms with Gasteiger partial charge in [-0.2, -0.15) is 0 Å². The van der Waals surface area contributed by atoms with E-state index < -0.39 is 11.0 Å². The molecule has 19 heavy (non-hydrogen) atoms. The van der Waals surface area contributed by atoms with Crippen molar-refractivity contribution in [2.75, 3.05) is 11.4 Å². The van der Waals surface area contributed by atoms with Gasteiger partial charge in [-0.3, -0.25) is 4.31 Å². The molecule has 0 saturated heterocycles. The molecule has 3 heteroatoms. The minimum Gasteiger partial charge on any atom is -0.291 e. The van der Waals surface area contributed by atoms with Crippen molar-refractivity contribution in [3.05, 3.63) is 60.2 Å². The third-order valence-electron chi connectivity index (χ3n) is 3.09. The van der Waals surface area contributed by atoms with Gasteiger partial charge in [0.15, 0.2) is 11.0 Å². The Morgan fingerprint density at radius 3 is 2.32 bits per heavy atom. The Bertz CT molecular complexity index is 566. The second-order valence-corrected chi connectivity index (χ2v) is 6.33. The summed E-state index contributed by atoms with van der Waals surface area (Å²) in [6.07, 6.45) is 0. The van der Waals surface area contributed by atoms with Crippen LogP contribution in [0.4, 0.5) is 5.69 Å².